The van der Waals surface area contributed by atoms with Gasteiger partial charge in [0.15, 0.2) is 0 Å². The number of hydrogen-bond donors (Lipinski definition) is 2. The van der Waals surface area contributed by atoms with E-state index in [1.807, 2.05) is 18.2 Å². The summed E-state index contributed by atoms with van der Waals surface area (Å²) in [6.45, 7) is 0. The second-order valence-corrected chi connectivity index (χ2v) is 6.71. The predicted molar refractivity (Wildman–Crippen MR) is 103 cm³/mol. The van der Waals surface area contributed by atoms with Gasteiger partial charge in [-0.15, -0.1) is 0 Å². The standard InChI is InChI=1S/C19H14Cl2N4O/c20-15-7-3-5-12(16(15)21)10-22-25-19(26)18-14-9-8-11-4-1-2-6-13(11)17(14)23-24-18/h1-7,10H,8-9H2,(H,23,24)(H,25,26)/b22-10-. The van der Waals surface area contributed by atoms with Crippen LogP contribution >= 0.6 is 23.2 Å². The second kappa shape index (κ2) is 6.94. The van der Waals surface area contributed by atoms with Gasteiger partial charge in [-0.05, 0) is 24.5 Å². The molecule has 1 heterocycles. The molecule has 130 valence electrons. The lowest BCUT2D eigenvalue weighted by molar-refractivity contribution is 0.0949. The molecule has 0 saturated carbocycles. The second-order valence-electron chi connectivity index (χ2n) is 5.93. The summed E-state index contributed by atoms with van der Waals surface area (Å²) >= 11 is 12.1. The van der Waals surface area contributed by atoms with Crippen LogP contribution in [0.4, 0.5) is 0 Å². The third-order valence-corrected chi connectivity index (χ3v) is 5.20. The molecule has 4 rings (SSSR count). The smallest absolute Gasteiger partial charge is 0.272 e. The summed E-state index contributed by atoms with van der Waals surface area (Å²) < 4.78 is 0. The van der Waals surface area contributed by atoms with Gasteiger partial charge in [0.2, 0.25) is 0 Å². The molecule has 5 nitrogen and oxygen atoms in total. The first-order chi connectivity index (χ1) is 12.6. The molecule has 0 atom stereocenters. The molecule has 0 fully saturated rings. The van der Waals surface area contributed by atoms with Crippen LogP contribution in [0.5, 0.6) is 0 Å². The fourth-order valence-electron chi connectivity index (χ4n) is 3.08. The van der Waals surface area contributed by atoms with E-state index in [9.17, 15) is 4.79 Å². The van der Waals surface area contributed by atoms with Gasteiger partial charge < -0.3 is 0 Å². The molecule has 1 aliphatic carbocycles. The average Bonchev–Trinajstić information content (AvgIpc) is 3.10. The van der Waals surface area contributed by atoms with E-state index >= 15 is 0 Å². The van der Waals surface area contributed by atoms with Gasteiger partial charge in [0.1, 0.15) is 5.69 Å². The first-order valence-corrected chi connectivity index (χ1v) is 8.83. The maximum atomic E-state index is 12.5. The molecule has 0 radical (unpaired) electrons. The number of carbonyl (C=O) groups is 1. The summed E-state index contributed by atoms with van der Waals surface area (Å²) in [4.78, 5) is 12.5. The Kier molecular flexibility index (Phi) is 4.49. The Morgan fingerprint density at radius 3 is 2.88 bits per heavy atom. The summed E-state index contributed by atoms with van der Waals surface area (Å²) in [6.07, 6.45) is 3.10. The molecule has 1 amide bonds. The first-order valence-electron chi connectivity index (χ1n) is 8.08. The highest BCUT2D eigenvalue weighted by molar-refractivity contribution is 6.43. The van der Waals surface area contributed by atoms with Crippen molar-refractivity contribution in [2.75, 3.05) is 0 Å². The van der Waals surface area contributed by atoms with Crippen LogP contribution in [0, 0.1) is 0 Å². The van der Waals surface area contributed by atoms with Gasteiger partial charge in [-0.1, -0.05) is 59.6 Å². The number of halogens is 2. The fraction of sp³-hybridized carbons (Fsp3) is 0.105. The molecule has 0 unspecified atom stereocenters. The molecule has 3 aromatic rings. The van der Waals surface area contributed by atoms with Crippen molar-refractivity contribution in [3.05, 3.63) is 74.9 Å². The number of hydrogen-bond acceptors (Lipinski definition) is 3. The Bertz CT molecular complexity index is 1030. The molecule has 0 saturated heterocycles. The van der Waals surface area contributed by atoms with Crippen LogP contribution < -0.4 is 5.43 Å². The number of carbonyl (C=O) groups excluding carboxylic acids is 1. The summed E-state index contributed by atoms with van der Waals surface area (Å²) in [5.41, 5.74) is 7.63. The molecule has 7 heteroatoms. The lowest BCUT2D eigenvalue weighted by Gasteiger charge is -2.15. The van der Waals surface area contributed by atoms with Crippen LogP contribution in [0.25, 0.3) is 11.3 Å². The zero-order chi connectivity index (χ0) is 18.1. The minimum atomic E-state index is -0.340. The lowest BCUT2D eigenvalue weighted by atomic mass is 9.89. The van der Waals surface area contributed by atoms with E-state index in [2.05, 4.69) is 26.8 Å². The molecule has 0 aliphatic heterocycles. The van der Waals surface area contributed by atoms with Crippen molar-refractivity contribution in [1.29, 1.82) is 0 Å². The van der Waals surface area contributed by atoms with Crippen molar-refractivity contribution in [3.8, 4) is 11.3 Å². The Morgan fingerprint density at radius 1 is 1.15 bits per heavy atom. The van der Waals surface area contributed by atoms with E-state index in [4.69, 9.17) is 23.2 Å². The van der Waals surface area contributed by atoms with Gasteiger partial charge in [0.05, 0.1) is 22.0 Å². The zero-order valence-electron chi connectivity index (χ0n) is 13.6. The van der Waals surface area contributed by atoms with Gasteiger partial charge in [-0.3, -0.25) is 9.89 Å². The minimum absolute atomic E-state index is 0.340. The van der Waals surface area contributed by atoms with Crippen LogP contribution in [0.2, 0.25) is 10.0 Å². The largest absolute Gasteiger partial charge is 0.289 e. The molecule has 1 aliphatic rings. The highest BCUT2D eigenvalue weighted by Crippen LogP contribution is 2.33. The fourth-order valence-corrected chi connectivity index (χ4v) is 3.44. The number of amides is 1. The maximum absolute atomic E-state index is 12.5. The SMILES string of the molecule is O=C(N/N=C\c1cccc(Cl)c1Cl)c1[nH]nc2c1CCc1ccccc1-2. The first kappa shape index (κ1) is 16.8. The van der Waals surface area contributed by atoms with Gasteiger partial charge in [0.25, 0.3) is 5.91 Å². The van der Waals surface area contributed by atoms with Crippen LogP contribution in [-0.2, 0) is 12.8 Å². The molecule has 2 N–H and O–H groups in total. The van der Waals surface area contributed by atoms with E-state index in [1.54, 1.807) is 18.2 Å². The molecule has 2 aromatic carbocycles. The van der Waals surface area contributed by atoms with E-state index in [0.29, 0.717) is 21.3 Å². The van der Waals surface area contributed by atoms with Crippen molar-refractivity contribution in [3.63, 3.8) is 0 Å². The van der Waals surface area contributed by atoms with Gasteiger partial charge in [-0.2, -0.15) is 10.2 Å². The third-order valence-electron chi connectivity index (χ3n) is 4.36. The van der Waals surface area contributed by atoms with Gasteiger partial charge in [0, 0.05) is 16.7 Å². The summed E-state index contributed by atoms with van der Waals surface area (Å²) in [6, 6.07) is 13.3. The quantitative estimate of drug-likeness (QED) is 0.523. The number of rotatable bonds is 3. The van der Waals surface area contributed by atoms with Crippen LogP contribution in [0.1, 0.15) is 27.2 Å². The summed E-state index contributed by atoms with van der Waals surface area (Å²) in [7, 11) is 0. The van der Waals surface area contributed by atoms with Crippen LogP contribution in [-0.4, -0.2) is 22.3 Å². The van der Waals surface area contributed by atoms with E-state index in [1.165, 1.54) is 11.8 Å². The van der Waals surface area contributed by atoms with Crippen molar-refractivity contribution in [2.24, 2.45) is 5.10 Å². The number of H-pyrrole nitrogens is 1. The molecule has 0 spiro atoms. The number of aromatic nitrogens is 2. The molecule has 26 heavy (non-hydrogen) atoms. The average molecular weight is 385 g/mol. The Labute approximate surface area is 160 Å². The van der Waals surface area contributed by atoms with Crippen molar-refractivity contribution in [2.45, 2.75) is 12.8 Å². The highest BCUT2D eigenvalue weighted by Gasteiger charge is 2.24. The van der Waals surface area contributed by atoms with Crippen molar-refractivity contribution in [1.82, 2.24) is 15.6 Å². The molecule has 0 bridgehead atoms. The topological polar surface area (TPSA) is 70.1 Å². The predicted octanol–water partition coefficient (Wildman–Crippen LogP) is 4.25. The van der Waals surface area contributed by atoms with Crippen LogP contribution in [0.3, 0.4) is 0 Å². The monoisotopic (exact) mass is 384 g/mol. The maximum Gasteiger partial charge on any atom is 0.289 e. The Balaban J connectivity index is 1.55. The van der Waals surface area contributed by atoms with Gasteiger partial charge >= 0.3 is 0 Å². The number of nitrogens with one attached hydrogen (secondary N) is 2. The number of nitrogens with zero attached hydrogens (tertiary/aromatic N) is 2. The number of fused-ring (bicyclic) bond motifs is 3. The van der Waals surface area contributed by atoms with E-state index in [0.717, 1.165) is 29.7 Å². The summed E-state index contributed by atoms with van der Waals surface area (Å²) in [5, 5.41) is 12.0. The Morgan fingerprint density at radius 2 is 2.00 bits per heavy atom. The van der Waals surface area contributed by atoms with Gasteiger partial charge in [-0.25, -0.2) is 5.43 Å². The zero-order valence-corrected chi connectivity index (χ0v) is 15.1. The third kappa shape index (κ3) is 3.00. The van der Waals surface area contributed by atoms with Crippen molar-refractivity contribution >= 4 is 35.3 Å². The normalized spacial score (nSPS) is 12.7. The number of benzene rings is 2. The van der Waals surface area contributed by atoms with E-state index in [-0.39, 0.29) is 5.91 Å². The van der Waals surface area contributed by atoms with E-state index < -0.39 is 0 Å². The molecular weight excluding hydrogens is 371 g/mol. The Hall–Kier alpha value is -2.63. The minimum Gasteiger partial charge on any atom is -0.272 e. The van der Waals surface area contributed by atoms with Crippen molar-refractivity contribution < 1.29 is 4.79 Å². The van der Waals surface area contributed by atoms with Crippen LogP contribution in [0.15, 0.2) is 47.6 Å². The number of hydrazone groups is 1. The number of aromatic amines is 1. The molecule has 1 aromatic heterocycles. The summed E-state index contributed by atoms with van der Waals surface area (Å²) in [5.74, 6) is -0.340. The number of aryl methyl sites for hydroxylation is 1. The lowest BCUT2D eigenvalue weighted by Crippen LogP contribution is -2.20. The highest BCUT2D eigenvalue weighted by atomic mass is 35.5. The molecular formula is C19H14Cl2N4O.